The minimum atomic E-state index is 0.333. The average Bonchev–Trinajstić information content (AvgIpc) is 2.21. The molecule has 0 spiro atoms. The van der Waals surface area contributed by atoms with Gasteiger partial charge in [-0.1, -0.05) is 51.0 Å². The van der Waals surface area contributed by atoms with Crippen LogP contribution < -0.4 is 5.73 Å². The smallest absolute Gasteiger partial charge is 0.00708 e. The van der Waals surface area contributed by atoms with Crippen molar-refractivity contribution in [1.29, 1.82) is 0 Å². The maximum atomic E-state index is 5.78. The molecule has 1 nitrogen and oxygen atoms in total. The van der Waals surface area contributed by atoms with E-state index in [4.69, 9.17) is 5.73 Å². The van der Waals surface area contributed by atoms with Crippen LogP contribution in [0.4, 0.5) is 0 Å². The maximum Gasteiger partial charge on any atom is 0.00708 e. The van der Waals surface area contributed by atoms with E-state index in [0.29, 0.717) is 6.04 Å². The van der Waals surface area contributed by atoms with Crippen molar-refractivity contribution < 1.29 is 0 Å². The molecule has 0 saturated carbocycles. The Bertz CT molecular complexity index is 159. The molecule has 0 aromatic heterocycles. The molecule has 1 unspecified atom stereocenters. The Balaban J connectivity index is 3.32. The van der Waals surface area contributed by atoms with Gasteiger partial charge in [0.15, 0.2) is 0 Å². The first-order chi connectivity index (χ1) is 6.81. The SMILES string of the molecule is CCCCC/C=C/C=C/CC(N)CC. The van der Waals surface area contributed by atoms with Gasteiger partial charge < -0.3 is 5.73 Å². The fourth-order valence-corrected chi connectivity index (χ4v) is 1.19. The largest absolute Gasteiger partial charge is 0.327 e. The van der Waals surface area contributed by atoms with E-state index in [9.17, 15) is 0 Å². The van der Waals surface area contributed by atoms with Crippen molar-refractivity contribution in [2.45, 2.75) is 58.4 Å². The van der Waals surface area contributed by atoms with Gasteiger partial charge in [0.1, 0.15) is 0 Å². The number of rotatable bonds is 8. The molecule has 2 N–H and O–H groups in total. The van der Waals surface area contributed by atoms with E-state index >= 15 is 0 Å². The normalized spacial score (nSPS) is 14.2. The van der Waals surface area contributed by atoms with Gasteiger partial charge in [0.05, 0.1) is 0 Å². The summed E-state index contributed by atoms with van der Waals surface area (Å²) in [6, 6.07) is 0.333. The minimum absolute atomic E-state index is 0.333. The molecule has 0 bridgehead atoms. The van der Waals surface area contributed by atoms with Crippen LogP contribution in [-0.2, 0) is 0 Å². The van der Waals surface area contributed by atoms with Gasteiger partial charge in [-0.25, -0.2) is 0 Å². The fourth-order valence-electron chi connectivity index (χ4n) is 1.19. The summed E-state index contributed by atoms with van der Waals surface area (Å²) >= 11 is 0. The zero-order chi connectivity index (χ0) is 10.6. The van der Waals surface area contributed by atoms with Gasteiger partial charge in [0, 0.05) is 6.04 Å². The van der Waals surface area contributed by atoms with E-state index in [1.807, 2.05) is 0 Å². The number of hydrogen-bond acceptors (Lipinski definition) is 1. The summed E-state index contributed by atoms with van der Waals surface area (Å²) in [7, 11) is 0. The van der Waals surface area contributed by atoms with Crippen molar-refractivity contribution in [2.75, 3.05) is 0 Å². The molecule has 1 atom stereocenters. The summed E-state index contributed by atoms with van der Waals surface area (Å²) in [5.41, 5.74) is 5.78. The predicted octanol–water partition coefficient (Wildman–Crippen LogP) is 3.81. The van der Waals surface area contributed by atoms with E-state index in [2.05, 4.69) is 38.2 Å². The third-order valence-electron chi connectivity index (χ3n) is 2.32. The molecule has 0 aliphatic rings. The van der Waals surface area contributed by atoms with Crippen molar-refractivity contribution >= 4 is 0 Å². The molecule has 0 aliphatic carbocycles. The van der Waals surface area contributed by atoms with E-state index in [0.717, 1.165) is 12.8 Å². The molecule has 0 aromatic carbocycles. The molecule has 0 heterocycles. The van der Waals surface area contributed by atoms with Crippen molar-refractivity contribution in [1.82, 2.24) is 0 Å². The van der Waals surface area contributed by atoms with Gasteiger partial charge in [0.25, 0.3) is 0 Å². The Morgan fingerprint density at radius 1 is 1.07 bits per heavy atom. The maximum absolute atomic E-state index is 5.78. The molecular formula is C13H25N. The van der Waals surface area contributed by atoms with Gasteiger partial charge >= 0.3 is 0 Å². The van der Waals surface area contributed by atoms with Crippen LogP contribution in [0.2, 0.25) is 0 Å². The zero-order valence-corrected chi connectivity index (χ0v) is 9.71. The van der Waals surface area contributed by atoms with Crippen molar-refractivity contribution in [3.8, 4) is 0 Å². The Morgan fingerprint density at radius 2 is 1.79 bits per heavy atom. The van der Waals surface area contributed by atoms with Crippen molar-refractivity contribution in [3.63, 3.8) is 0 Å². The van der Waals surface area contributed by atoms with Gasteiger partial charge in [-0.3, -0.25) is 0 Å². The minimum Gasteiger partial charge on any atom is -0.327 e. The first-order valence-corrected chi connectivity index (χ1v) is 5.88. The monoisotopic (exact) mass is 195 g/mol. The third-order valence-corrected chi connectivity index (χ3v) is 2.32. The lowest BCUT2D eigenvalue weighted by Crippen LogP contribution is -2.16. The summed E-state index contributed by atoms with van der Waals surface area (Å²) in [6.45, 7) is 4.36. The molecule has 0 saturated heterocycles. The molecule has 1 heteroatoms. The molecule has 0 aromatic rings. The molecule has 0 aliphatic heterocycles. The second-order valence-corrected chi connectivity index (χ2v) is 3.76. The molecule has 0 radical (unpaired) electrons. The van der Waals surface area contributed by atoms with Crippen LogP contribution in [0.3, 0.4) is 0 Å². The Kier molecular flexibility index (Phi) is 10.1. The van der Waals surface area contributed by atoms with Crippen LogP contribution in [0.25, 0.3) is 0 Å². The lowest BCUT2D eigenvalue weighted by molar-refractivity contribution is 0.659. The fraction of sp³-hybridized carbons (Fsp3) is 0.692. The quantitative estimate of drug-likeness (QED) is 0.462. The highest BCUT2D eigenvalue weighted by atomic mass is 14.6. The van der Waals surface area contributed by atoms with E-state index in [1.165, 1.54) is 25.7 Å². The lowest BCUT2D eigenvalue weighted by Gasteiger charge is -2.01. The Labute approximate surface area is 89.1 Å². The lowest BCUT2D eigenvalue weighted by atomic mass is 10.1. The third kappa shape index (κ3) is 9.53. The second kappa shape index (κ2) is 10.5. The average molecular weight is 195 g/mol. The van der Waals surface area contributed by atoms with E-state index < -0.39 is 0 Å². The van der Waals surface area contributed by atoms with Crippen molar-refractivity contribution in [2.24, 2.45) is 5.73 Å². The summed E-state index contributed by atoms with van der Waals surface area (Å²) in [5, 5.41) is 0. The number of unbranched alkanes of at least 4 members (excludes halogenated alkanes) is 3. The van der Waals surface area contributed by atoms with Crippen LogP contribution in [-0.4, -0.2) is 6.04 Å². The summed E-state index contributed by atoms with van der Waals surface area (Å²) < 4.78 is 0. The first kappa shape index (κ1) is 13.4. The highest BCUT2D eigenvalue weighted by Crippen LogP contribution is 2.00. The second-order valence-electron chi connectivity index (χ2n) is 3.76. The molecule has 0 amide bonds. The van der Waals surface area contributed by atoms with Crippen LogP contribution in [0, 0.1) is 0 Å². The highest BCUT2D eigenvalue weighted by Gasteiger charge is 1.92. The van der Waals surface area contributed by atoms with Gasteiger partial charge in [-0.05, 0) is 25.7 Å². The Hall–Kier alpha value is -0.560. The Morgan fingerprint density at radius 3 is 2.43 bits per heavy atom. The number of allylic oxidation sites excluding steroid dienone is 3. The topological polar surface area (TPSA) is 26.0 Å². The molecule has 0 rings (SSSR count). The van der Waals surface area contributed by atoms with Crippen LogP contribution in [0.5, 0.6) is 0 Å². The molecule has 82 valence electrons. The zero-order valence-electron chi connectivity index (χ0n) is 9.71. The molecular weight excluding hydrogens is 170 g/mol. The van der Waals surface area contributed by atoms with Gasteiger partial charge in [0.2, 0.25) is 0 Å². The highest BCUT2D eigenvalue weighted by molar-refractivity contribution is 5.02. The van der Waals surface area contributed by atoms with E-state index in [1.54, 1.807) is 0 Å². The van der Waals surface area contributed by atoms with Gasteiger partial charge in [-0.2, -0.15) is 0 Å². The van der Waals surface area contributed by atoms with Crippen LogP contribution >= 0.6 is 0 Å². The van der Waals surface area contributed by atoms with E-state index in [-0.39, 0.29) is 0 Å². The summed E-state index contributed by atoms with van der Waals surface area (Å²) in [4.78, 5) is 0. The van der Waals surface area contributed by atoms with Crippen LogP contribution in [0.1, 0.15) is 52.4 Å². The van der Waals surface area contributed by atoms with Gasteiger partial charge in [-0.15, -0.1) is 0 Å². The predicted molar refractivity (Wildman–Crippen MR) is 65.3 cm³/mol. The number of nitrogens with two attached hydrogens (primary N) is 1. The van der Waals surface area contributed by atoms with Crippen molar-refractivity contribution in [3.05, 3.63) is 24.3 Å². The standard InChI is InChI=1S/C13H25N/c1-3-5-6-7-8-9-10-11-12-13(14)4-2/h8-11,13H,3-7,12,14H2,1-2H3/b9-8+,11-10+. The number of hydrogen-bond donors (Lipinski definition) is 1. The van der Waals surface area contributed by atoms with Crippen LogP contribution in [0.15, 0.2) is 24.3 Å². The molecule has 0 fully saturated rings. The first-order valence-electron chi connectivity index (χ1n) is 5.88. The summed E-state index contributed by atoms with van der Waals surface area (Å²) in [6.07, 6.45) is 15.9. The summed E-state index contributed by atoms with van der Waals surface area (Å²) in [5.74, 6) is 0. The molecule has 14 heavy (non-hydrogen) atoms.